The Hall–Kier alpha value is -2.82. The molecule has 4 N–H and O–H groups in total. The maximum absolute atomic E-state index is 5.73. The van der Waals surface area contributed by atoms with E-state index in [1.807, 2.05) is 36.4 Å². The van der Waals surface area contributed by atoms with Crippen LogP contribution < -0.4 is 16.2 Å². The van der Waals surface area contributed by atoms with E-state index in [9.17, 15) is 0 Å². The van der Waals surface area contributed by atoms with Gasteiger partial charge in [-0.2, -0.15) is 5.10 Å². The Bertz CT molecular complexity index is 644. The zero-order chi connectivity index (χ0) is 15.1. The van der Waals surface area contributed by atoms with Crippen LogP contribution in [-0.2, 0) is 6.61 Å². The van der Waals surface area contributed by atoms with Gasteiger partial charge >= 0.3 is 0 Å². The Kier molecular flexibility index (Phi) is 4.93. The molecule has 0 bridgehead atoms. The third-order valence-corrected chi connectivity index (χ3v) is 2.75. The Balaban J connectivity index is 1.93. The molecular weight excluding hydrogens is 264 g/mol. The summed E-state index contributed by atoms with van der Waals surface area (Å²) < 4.78 is 5.73. The summed E-state index contributed by atoms with van der Waals surface area (Å²) in [5.74, 6) is 0.736. The van der Waals surface area contributed by atoms with Gasteiger partial charge in [0.15, 0.2) is 0 Å². The summed E-state index contributed by atoms with van der Waals surface area (Å²) in [5.41, 5.74) is 13.6. The highest BCUT2D eigenvalue weighted by Gasteiger charge is 1.97. The van der Waals surface area contributed by atoms with Gasteiger partial charge in [-0.05, 0) is 42.3 Å². The summed E-state index contributed by atoms with van der Waals surface area (Å²) in [5, 5.41) is 7.28. The van der Waals surface area contributed by atoms with Crippen molar-refractivity contribution in [2.75, 3.05) is 0 Å². The Morgan fingerprint density at radius 3 is 2.57 bits per heavy atom. The molecule has 21 heavy (non-hydrogen) atoms. The van der Waals surface area contributed by atoms with E-state index < -0.39 is 0 Å². The molecule has 5 heteroatoms. The summed E-state index contributed by atoms with van der Waals surface area (Å²) >= 11 is 0. The fraction of sp³-hybridized carbons (Fsp3) is 0.125. The van der Waals surface area contributed by atoms with E-state index in [2.05, 4.69) is 29.3 Å². The second-order valence-electron chi connectivity index (χ2n) is 4.62. The summed E-state index contributed by atoms with van der Waals surface area (Å²) in [6, 6.07) is 15.8. The van der Waals surface area contributed by atoms with Crippen molar-refractivity contribution in [1.82, 2.24) is 0 Å². The molecule has 0 radical (unpaired) electrons. The van der Waals surface area contributed by atoms with Crippen LogP contribution in [0, 0.1) is 6.92 Å². The average molecular weight is 282 g/mol. The molecule has 0 unspecified atom stereocenters. The minimum atomic E-state index is -0.0654. The van der Waals surface area contributed by atoms with Crippen molar-refractivity contribution in [1.29, 1.82) is 0 Å². The molecule has 0 aromatic heterocycles. The fourth-order valence-corrected chi connectivity index (χ4v) is 1.78. The van der Waals surface area contributed by atoms with Crippen LogP contribution in [0.3, 0.4) is 0 Å². The molecule has 108 valence electrons. The first-order valence-electron chi connectivity index (χ1n) is 6.54. The van der Waals surface area contributed by atoms with Gasteiger partial charge in [0, 0.05) is 0 Å². The molecule has 0 saturated carbocycles. The number of hydrogen-bond acceptors (Lipinski definition) is 3. The topological polar surface area (TPSA) is 86.0 Å². The van der Waals surface area contributed by atoms with E-state index in [-0.39, 0.29) is 5.96 Å². The Morgan fingerprint density at radius 1 is 1.14 bits per heavy atom. The molecule has 0 fully saturated rings. The van der Waals surface area contributed by atoms with E-state index in [0.29, 0.717) is 6.61 Å². The zero-order valence-corrected chi connectivity index (χ0v) is 11.9. The van der Waals surface area contributed by atoms with Crippen LogP contribution in [0.1, 0.15) is 16.7 Å². The minimum Gasteiger partial charge on any atom is -0.489 e. The molecule has 0 aliphatic heterocycles. The second kappa shape index (κ2) is 7.09. The Morgan fingerprint density at radius 2 is 1.90 bits per heavy atom. The highest BCUT2D eigenvalue weighted by Crippen LogP contribution is 2.14. The number of guanidine groups is 1. The van der Waals surface area contributed by atoms with Crippen LogP contribution in [-0.4, -0.2) is 12.2 Å². The van der Waals surface area contributed by atoms with E-state index in [4.69, 9.17) is 16.2 Å². The third-order valence-electron chi connectivity index (χ3n) is 2.75. The van der Waals surface area contributed by atoms with Crippen molar-refractivity contribution in [2.24, 2.45) is 21.7 Å². The maximum atomic E-state index is 5.73. The van der Waals surface area contributed by atoms with Gasteiger partial charge in [0.05, 0.1) is 6.21 Å². The predicted octanol–water partition coefficient (Wildman–Crippen LogP) is 2.18. The van der Waals surface area contributed by atoms with Crippen molar-refractivity contribution < 1.29 is 4.74 Å². The van der Waals surface area contributed by atoms with Crippen LogP contribution in [0.5, 0.6) is 5.75 Å². The highest BCUT2D eigenvalue weighted by molar-refractivity contribution is 5.81. The quantitative estimate of drug-likeness (QED) is 0.500. The number of benzene rings is 2. The fourth-order valence-electron chi connectivity index (χ4n) is 1.78. The number of nitrogens with zero attached hydrogens (tertiary/aromatic N) is 2. The number of aryl methyl sites for hydroxylation is 1. The minimum absolute atomic E-state index is 0.0654. The van der Waals surface area contributed by atoms with Gasteiger partial charge in [0.25, 0.3) is 0 Å². The second-order valence-corrected chi connectivity index (χ2v) is 4.62. The number of nitrogens with two attached hydrogens (primary N) is 2. The molecule has 5 nitrogen and oxygen atoms in total. The smallest absolute Gasteiger partial charge is 0.211 e. The molecule has 0 heterocycles. The largest absolute Gasteiger partial charge is 0.489 e. The molecule has 0 saturated heterocycles. The van der Waals surface area contributed by atoms with E-state index in [1.165, 1.54) is 5.56 Å². The number of ether oxygens (including phenoxy) is 1. The first-order chi connectivity index (χ1) is 10.1. The van der Waals surface area contributed by atoms with Crippen molar-refractivity contribution in [3.05, 3.63) is 65.2 Å². The molecule has 0 atom stereocenters. The Labute approximate surface area is 124 Å². The van der Waals surface area contributed by atoms with Crippen LogP contribution >= 0.6 is 0 Å². The lowest BCUT2D eigenvalue weighted by molar-refractivity contribution is 0.306. The SMILES string of the molecule is Cc1cccc(COc2ccc(/C=N/N=C(N)N)cc2)c1. The zero-order valence-electron chi connectivity index (χ0n) is 11.9. The van der Waals surface area contributed by atoms with Crippen molar-refractivity contribution in [2.45, 2.75) is 13.5 Å². The highest BCUT2D eigenvalue weighted by atomic mass is 16.5. The van der Waals surface area contributed by atoms with Crippen LogP contribution in [0.15, 0.2) is 58.7 Å². The molecule has 2 aromatic rings. The monoisotopic (exact) mass is 282 g/mol. The molecule has 0 amide bonds. The maximum Gasteiger partial charge on any atom is 0.211 e. The number of hydrogen-bond donors (Lipinski definition) is 2. The lowest BCUT2D eigenvalue weighted by Crippen LogP contribution is -2.21. The van der Waals surface area contributed by atoms with Crippen LogP contribution in [0.25, 0.3) is 0 Å². The molecule has 0 aliphatic carbocycles. The van der Waals surface area contributed by atoms with Crippen LogP contribution in [0.4, 0.5) is 0 Å². The molecular formula is C16H18N4O. The van der Waals surface area contributed by atoms with Gasteiger partial charge in [-0.1, -0.05) is 29.8 Å². The lowest BCUT2D eigenvalue weighted by Gasteiger charge is -2.07. The first-order valence-corrected chi connectivity index (χ1v) is 6.54. The lowest BCUT2D eigenvalue weighted by atomic mass is 10.1. The predicted molar refractivity (Wildman–Crippen MR) is 85.4 cm³/mol. The van der Waals surface area contributed by atoms with E-state index in [1.54, 1.807) is 6.21 Å². The van der Waals surface area contributed by atoms with Gasteiger partial charge in [-0.25, -0.2) is 0 Å². The van der Waals surface area contributed by atoms with Gasteiger partial charge in [0.2, 0.25) is 5.96 Å². The van der Waals surface area contributed by atoms with Gasteiger partial charge in [-0.15, -0.1) is 5.10 Å². The van der Waals surface area contributed by atoms with Crippen molar-refractivity contribution in [3.63, 3.8) is 0 Å². The molecule has 2 rings (SSSR count). The normalized spacial score (nSPS) is 10.5. The standard InChI is InChI=1S/C16H18N4O/c1-12-3-2-4-14(9-12)11-21-15-7-5-13(6-8-15)10-19-20-16(17)18/h2-10H,11H2,1H3,(H4,17,18,20)/b19-10+. The summed E-state index contributed by atoms with van der Waals surface area (Å²) in [6.45, 7) is 2.61. The molecule has 0 aliphatic rings. The molecule has 0 spiro atoms. The van der Waals surface area contributed by atoms with Crippen molar-refractivity contribution >= 4 is 12.2 Å². The van der Waals surface area contributed by atoms with Crippen LogP contribution in [0.2, 0.25) is 0 Å². The average Bonchev–Trinajstić information content (AvgIpc) is 2.46. The van der Waals surface area contributed by atoms with Gasteiger partial charge in [-0.3, -0.25) is 0 Å². The van der Waals surface area contributed by atoms with E-state index >= 15 is 0 Å². The molecule has 2 aromatic carbocycles. The third kappa shape index (κ3) is 4.99. The van der Waals surface area contributed by atoms with E-state index in [0.717, 1.165) is 16.9 Å². The van der Waals surface area contributed by atoms with Gasteiger partial charge in [0.1, 0.15) is 12.4 Å². The van der Waals surface area contributed by atoms with Crippen molar-refractivity contribution in [3.8, 4) is 5.75 Å². The summed E-state index contributed by atoms with van der Waals surface area (Å²) in [4.78, 5) is 0. The first kappa shape index (κ1) is 14.6. The summed E-state index contributed by atoms with van der Waals surface area (Å²) in [6.07, 6.45) is 1.57. The summed E-state index contributed by atoms with van der Waals surface area (Å²) in [7, 11) is 0. The van der Waals surface area contributed by atoms with Gasteiger partial charge < -0.3 is 16.2 Å². The number of rotatable bonds is 5.